The van der Waals surface area contributed by atoms with Crippen molar-refractivity contribution in [3.05, 3.63) is 85.1 Å². The fraction of sp³-hybridized carbons (Fsp3) is 0.805. The molecule has 0 radical (unpaired) electrons. The summed E-state index contributed by atoms with van der Waals surface area (Å²) < 4.78 is 34.4. The van der Waals surface area contributed by atoms with E-state index in [1.54, 1.807) is 6.08 Å². The zero-order valence-corrected chi connectivity index (χ0v) is 59.1. The first-order valence-corrected chi connectivity index (χ1v) is 37.8. The Morgan fingerprint density at radius 3 is 1.17 bits per heavy atom. The number of aliphatic hydroxyl groups excluding tert-OH is 11. The number of carbonyl (C=O) groups excluding carboxylic acids is 1. The number of amides is 1. The van der Waals surface area contributed by atoms with Crippen molar-refractivity contribution < 1.29 is 89.4 Å². The van der Waals surface area contributed by atoms with Crippen LogP contribution in [0.5, 0.6) is 0 Å². The molecule has 3 rings (SSSR count). The van der Waals surface area contributed by atoms with Gasteiger partial charge in [-0.15, -0.1) is 0 Å². The molecule has 19 nitrogen and oxygen atoms in total. The molecule has 96 heavy (non-hydrogen) atoms. The predicted molar refractivity (Wildman–Crippen MR) is 378 cm³/mol. The van der Waals surface area contributed by atoms with Crippen LogP contribution in [0.3, 0.4) is 0 Å². The maximum atomic E-state index is 13.4. The predicted octanol–water partition coefficient (Wildman–Crippen LogP) is 11.4. The highest BCUT2D eigenvalue weighted by Gasteiger charge is 2.53. The number of ether oxygens (including phenoxy) is 6. The second kappa shape index (κ2) is 57.6. The largest absolute Gasteiger partial charge is 0.394 e. The van der Waals surface area contributed by atoms with E-state index in [2.05, 4.69) is 92.1 Å². The maximum absolute atomic E-state index is 13.4. The molecule has 3 fully saturated rings. The molecular formula is C77H135NO18. The first-order chi connectivity index (χ1) is 46.8. The Hall–Kier alpha value is -3.03. The van der Waals surface area contributed by atoms with Crippen molar-refractivity contribution in [2.75, 3.05) is 26.4 Å². The smallest absolute Gasteiger partial charge is 0.220 e. The molecule has 19 heteroatoms. The van der Waals surface area contributed by atoms with Crippen LogP contribution in [-0.2, 0) is 33.2 Å². The summed E-state index contributed by atoms with van der Waals surface area (Å²) in [6.07, 6.45) is 48.6. The molecule has 3 heterocycles. The van der Waals surface area contributed by atoms with Gasteiger partial charge in [-0.3, -0.25) is 4.79 Å². The first-order valence-electron chi connectivity index (χ1n) is 37.8. The fourth-order valence-electron chi connectivity index (χ4n) is 12.3. The van der Waals surface area contributed by atoms with Crippen molar-refractivity contribution in [3.8, 4) is 0 Å². The highest BCUT2D eigenvalue weighted by Crippen LogP contribution is 2.33. The van der Waals surface area contributed by atoms with Crippen molar-refractivity contribution in [2.24, 2.45) is 0 Å². The molecule has 0 aromatic rings. The third-order valence-electron chi connectivity index (χ3n) is 18.4. The molecule has 1 amide bonds. The Labute approximate surface area is 578 Å². The molecule has 12 N–H and O–H groups in total. The van der Waals surface area contributed by atoms with E-state index in [0.29, 0.717) is 12.8 Å². The zero-order valence-electron chi connectivity index (χ0n) is 59.1. The van der Waals surface area contributed by atoms with Crippen LogP contribution in [-0.4, -0.2) is 193 Å². The van der Waals surface area contributed by atoms with E-state index in [0.717, 1.165) is 70.6 Å². The average Bonchev–Trinajstić information content (AvgIpc) is 0.787. The SMILES string of the molecule is CC/C=C\C/C=C\C/C=C\C/C=C\CCCCCCCCCCCCCCCCCCCCCCC(=O)NC(COC1OC(CO)C(OC2OC(CO)C(OC3OC(CO)C(O)C(O)C3O)C(O)C2O)C(O)C1O)C(O)/C=C/CC/C=C/CC/C=C/CCCCCCCCCC. The molecular weight excluding hydrogens is 1230 g/mol. The topological polar surface area (TPSA) is 307 Å². The number of hydrogen-bond donors (Lipinski definition) is 12. The third kappa shape index (κ3) is 38.1. The normalized spacial score (nSPS) is 27.5. The second-order valence-corrected chi connectivity index (χ2v) is 26.7. The van der Waals surface area contributed by atoms with Crippen molar-refractivity contribution in [3.63, 3.8) is 0 Å². The number of nitrogens with one attached hydrogen (secondary N) is 1. The molecule has 3 aliphatic heterocycles. The van der Waals surface area contributed by atoms with E-state index in [9.17, 15) is 61.0 Å². The zero-order chi connectivity index (χ0) is 69.6. The molecule has 0 aromatic heterocycles. The van der Waals surface area contributed by atoms with Gasteiger partial charge in [0.15, 0.2) is 18.9 Å². The maximum Gasteiger partial charge on any atom is 0.220 e. The van der Waals surface area contributed by atoms with E-state index >= 15 is 0 Å². The molecule has 17 atom stereocenters. The fourth-order valence-corrected chi connectivity index (χ4v) is 12.3. The summed E-state index contributed by atoms with van der Waals surface area (Å²) in [6, 6.07) is -0.999. The van der Waals surface area contributed by atoms with Gasteiger partial charge in [0.05, 0.1) is 38.6 Å². The van der Waals surface area contributed by atoms with E-state index < -0.39 is 124 Å². The van der Waals surface area contributed by atoms with Crippen molar-refractivity contribution in [1.29, 1.82) is 0 Å². The highest BCUT2D eigenvalue weighted by atomic mass is 16.8. The Kier molecular flexibility index (Phi) is 52.3. The Morgan fingerprint density at radius 1 is 0.385 bits per heavy atom. The molecule has 3 saturated heterocycles. The summed E-state index contributed by atoms with van der Waals surface area (Å²) in [5.74, 6) is -0.289. The molecule has 556 valence electrons. The van der Waals surface area contributed by atoms with E-state index in [4.69, 9.17) is 28.4 Å². The van der Waals surface area contributed by atoms with Crippen LogP contribution in [0, 0.1) is 0 Å². The molecule has 0 spiro atoms. The summed E-state index contributed by atoms with van der Waals surface area (Å²) in [7, 11) is 0. The number of rotatable bonds is 58. The van der Waals surface area contributed by atoms with Crippen LogP contribution in [0.4, 0.5) is 0 Å². The molecule has 0 aliphatic carbocycles. The number of unbranched alkanes of at least 4 members (excludes halogenated alkanes) is 30. The molecule has 0 bridgehead atoms. The molecule has 0 aromatic carbocycles. The summed E-state index contributed by atoms with van der Waals surface area (Å²) in [5, 5.41) is 121. The summed E-state index contributed by atoms with van der Waals surface area (Å²) in [4.78, 5) is 13.4. The first kappa shape index (κ1) is 87.2. The van der Waals surface area contributed by atoms with Crippen LogP contribution in [0.2, 0.25) is 0 Å². The van der Waals surface area contributed by atoms with Gasteiger partial charge >= 0.3 is 0 Å². The minimum Gasteiger partial charge on any atom is -0.394 e. The highest BCUT2D eigenvalue weighted by molar-refractivity contribution is 5.76. The van der Waals surface area contributed by atoms with Gasteiger partial charge in [0.25, 0.3) is 0 Å². The van der Waals surface area contributed by atoms with E-state index in [1.807, 2.05) is 6.08 Å². The number of aliphatic hydroxyl groups is 11. The van der Waals surface area contributed by atoms with Gasteiger partial charge in [0.1, 0.15) is 73.2 Å². The Bertz CT molecular complexity index is 2070. The van der Waals surface area contributed by atoms with Crippen LogP contribution >= 0.6 is 0 Å². The van der Waals surface area contributed by atoms with Crippen molar-refractivity contribution in [2.45, 2.75) is 369 Å². The van der Waals surface area contributed by atoms with Crippen molar-refractivity contribution >= 4 is 5.91 Å². The lowest BCUT2D eigenvalue weighted by atomic mass is 9.96. The van der Waals surface area contributed by atoms with Gasteiger partial charge in [0.2, 0.25) is 5.91 Å². The van der Waals surface area contributed by atoms with Crippen molar-refractivity contribution in [1.82, 2.24) is 5.32 Å². The van der Waals surface area contributed by atoms with Gasteiger partial charge < -0.3 is 89.9 Å². The lowest BCUT2D eigenvalue weighted by Gasteiger charge is -2.48. The van der Waals surface area contributed by atoms with Gasteiger partial charge in [-0.05, 0) is 83.5 Å². The lowest BCUT2D eigenvalue weighted by molar-refractivity contribution is -0.379. The van der Waals surface area contributed by atoms with Gasteiger partial charge in [-0.25, -0.2) is 0 Å². The monoisotopic (exact) mass is 1360 g/mol. The van der Waals surface area contributed by atoms with Gasteiger partial charge in [-0.1, -0.05) is 259 Å². The third-order valence-corrected chi connectivity index (χ3v) is 18.4. The number of hydrogen-bond acceptors (Lipinski definition) is 18. The Balaban J connectivity index is 1.37. The minimum absolute atomic E-state index is 0.231. The summed E-state index contributed by atoms with van der Waals surface area (Å²) in [6.45, 7) is 1.60. The second-order valence-electron chi connectivity index (χ2n) is 26.7. The Morgan fingerprint density at radius 2 is 0.729 bits per heavy atom. The van der Waals surface area contributed by atoms with Crippen LogP contribution < -0.4 is 5.32 Å². The lowest BCUT2D eigenvalue weighted by Crippen LogP contribution is -2.66. The minimum atomic E-state index is -1.98. The summed E-state index contributed by atoms with van der Waals surface area (Å²) >= 11 is 0. The molecule has 3 aliphatic rings. The van der Waals surface area contributed by atoms with Gasteiger partial charge in [0, 0.05) is 6.42 Å². The average molecular weight is 1360 g/mol. The molecule has 17 unspecified atom stereocenters. The van der Waals surface area contributed by atoms with Crippen LogP contribution in [0.25, 0.3) is 0 Å². The standard InChI is InChI=1S/C77H135NO18/c1-3-5-7-9-11-13-15-17-19-21-23-24-25-26-27-28-29-30-31-32-33-34-35-36-37-39-41-43-45-47-49-51-53-55-65(83)78-60(61(82)54-52-50-48-46-44-42-40-38-22-20-18-16-14-12-10-8-6-4-2)59-91-75-71(89)68(86)73(63(57-80)93-75)96-77-72(90)69(87)74(64(58-81)94-77)95-76-70(88)67(85)66(84)62(56-79)92-76/h5,7,11,13,17,19,22-24,38,44,46,52,54,60-64,66-77,79-82,84-90H,3-4,6,8-10,12,14-16,18,20-21,25-37,39-43,45,47-51,53,55-59H2,1-2H3,(H,78,83)/b7-5-,13-11-,19-17-,24-23-,38-22+,46-44+,54-52+. The number of allylic oxidation sites excluding steroid dienone is 13. The van der Waals surface area contributed by atoms with E-state index in [1.165, 1.54) is 161 Å². The number of carbonyl (C=O) groups is 1. The van der Waals surface area contributed by atoms with Crippen LogP contribution in [0.1, 0.15) is 264 Å². The van der Waals surface area contributed by atoms with E-state index in [-0.39, 0.29) is 18.9 Å². The summed E-state index contributed by atoms with van der Waals surface area (Å²) in [5.41, 5.74) is 0. The molecule has 0 saturated carbocycles. The quantitative estimate of drug-likeness (QED) is 0.0199. The van der Waals surface area contributed by atoms with Crippen LogP contribution in [0.15, 0.2) is 85.1 Å². The van der Waals surface area contributed by atoms with Gasteiger partial charge in [-0.2, -0.15) is 0 Å².